The Kier molecular flexibility index (Phi) is 5.89. The number of piperidine rings is 1. The van der Waals surface area contributed by atoms with Gasteiger partial charge in [0.05, 0.1) is 22.6 Å². The summed E-state index contributed by atoms with van der Waals surface area (Å²) in [6, 6.07) is 7.56. The van der Waals surface area contributed by atoms with E-state index in [0.717, 1.165) is 17.3 Å². The second-order valence-electron chi connectivity index (χ2n) is 10.8. The molecule has 2 aromatic carbocycles. The monoisotopic (exact) mass is 549 g/mol. The molecule has 0 atom stereocenters. The van der Waals surface area contributed by atoms with Crippen molar-refractivity contribution >= 4 is 34.2 Å². The number of aromatic nitrogens is 3. The standard InChI is InChI=1S/C26H27ClF3N5O3/c1-24(37)13-16(14-24)35-22-19(26(28,29)30)11-17(12-21(22)32-33-35)38-9-8-34-6-4-25(5-7-34)18-10-15(27)2-3-20(18)31-23(25)36/h2-3,10-12,16,37H,4-9,13-14H2,1H3,(H,31,36). The summed E-state index contributed by atoms with van der Waals surface area (Å²) in [5.41, 5.74) is -0.636. The van der Waals surface area contributed by atoms with Gasteiger partial charge in [0.2, 0.25) is 5.91 Å². The van der Waals surface area contributed by atoms with Gasteiger partial charge in [-0.05, 0) is 75.5 Å². The van der Waals surface area contributed by atoms with E-state index < -0.39 is 22.8 Å². The van der Waals surface area contributed by atoms with Crippen LogP contribution < -0.4 is 10.1 Å². The highest BCUT2D eigenvalue weighted by Gasteiger charge is 2.48. The molecule has 1 aromatic heterocycles. The highest BCUT2D eigenvalue weighted by atomic mass is 35.5. The lowest BCUT2D eigenvalue weighted by molar-refractivity contribution is -0.136. The largest absolute Gasteiger partial charge is 0.492 e. The van der Waals surface area contributed by atoms with E-state index in [1.165, 1.54) is 10.7 Å². The number of nitrogens with zero attached hydrogens (tertiary/aromatic N) is 4. The van der Waals surface area contributed by atoms with Gasteiger partial charge in [0.25, 0.3) is 0 Å². The van der Waals surface area contributed by atoms with Crippen LogP contribution in [-0.2, 0) is 16.4 Å². The Hall–Kier alpha value is -2.89. The molecule has 2 fully saturated rings. The first-order chi connectivity index (χ1) is 18.0. The molecule has 12 heteroatoms. The second kappa shape index (κ2) is 8.82. The number of hydrogen-bond donors (Lipinski definition) is 2. The van der Waals surface area contributed by atoms with E-state index in [4.69, 9.17) is 16.3 Å². The minimum absolute atomic E-state index is 0.0165. The molecule has 2 aliphatic heterocycles. The lowest BCUT2D eigenvalue weighted by atomic mass is 9.73. The van der Waals surface area contributed by atoms with E-state index in [-0.39, 0.29) is 35.3 Å². The number of amides is 1. The SMILES string of the molecule is CC1(O)CC(n2nnc3cc(OCCN4CCC5(CC4)C(=O)Nc4ccc(Cl)cc45)cc(C(F)(F)F)c32)C1. The van der Waals surface area contributed by atoms with E-state index in [1.54, 1.807) is 13.0 Å². The van der Waals surface area contributed by atoms with Crippen LogP contribution in [0.3, 0.4) is 0 Å². The van der Waals surface area contributed by atoms with Crippen molar-refractivity contribution in [1.82, 2.24) is 19.9 Å². The maximum absolute atomic E-state index is 14.0. The van der Waals surface area contributed by atoms with E-state index in [9.17, 15) is 23.1 Å². The number of hydrogen-bond acceptors (Lipinski definition) is 6. The van der Waals surface area contributed by atoms with Gasteiger partial charge >= 0.3 is 6.18 Å². The van der Waals surface area contributed by atoms with Gasteiger partial charge in [-0.25, -0.2) is 4.68 Å². The van der Waals surface area contributed by atoms with Crippen molar-refractivity contribution < 1.29 is 27.8 Å². The first-order valence-corrected chi connectivity index (χ1v) is 13.0. The molecule has 8 nitrogen and oxygen atoms in total. The van der Waals surface area contributed by atoms with Crippen LogP contribution >= 0.6 is 11.6 Å². The van der Waals surface area contributed by atoms with Gasteiger partial charge in [-0.15, -0.1) is 5.10 Å². The van der Waals surface area contributed by atoms with Gasteiger partial charge in [0, 0.05) is 23.3 Å². The summed E-state index contributed by atoms with van der Waals surface area (Å²) in [6.07, 6.45) is -2.75. The van der Waals surface area contributed by atoms with E-state index in [1.807, 2.05) is 12.1 Å². The summed E-state index contributed by atoms with van der Waals surface area (Å²) in [7, 11) is 0. The molecule has 1 saturated carbocycles. The fourth-order valence-electron chi connectivity index (χ4n) is 6.07. The number of anilines is 1. The van der Waals surface area contributed by atoms with Crippen molar-refractivity contribution in [1.29, 1.82) is 0 Å². The number of carbonyl (C=O) groups is 1. The molecule has 3 aromatic rings. The predicted octanol–water partition coefficient (Wildman–Crippen LogP) is 4.55. The van der Waals surface area contributed by atoms with Gasteiger partial charge in [0.15, 0.2) is 0 Å². The summed E-state index contributed by atoms with van der Waals surface area (Å²) in [4.78, 5) is 15.0. The van der Waals surface area contributed by atoms with Gasteiger partial charge in [-0.3, -0.25) is 9.69 Å². The minimum Gasteiger partial charge on any atom is -0.492 e. The number of aliphatic hydroxyl groups is 1. The fourth-order valence-corrected chi connectivity index (χ4v) is 6.24. The van der Waals surface area contributed by atoms with Gasteiger partial charge in [-0.1, -0.05) is 16.8 Å². The summed E-state index contributed by atoms with van der Waals surface area (Å²) >= 11 is 6.19. The maximum Gasteiger partial charge on any atom is 0.418 e. The molecule has 0 radical (unpaired) electrons. The second-order valence-corrected chi connectivity index (χ2v) is 11.3. The van der Waals surface area contributed by atoms with Crippen LogP contribution in [0.1, 0.15) is 49.8 Å². The fraction of sp³-hybridized carbons (Fsp3) is 0.500. The molecule has 0 unspecified atom stereocenters. The van der Waals surface area contributed by atoms with Crippen LogP contribution in [0.2, 0.25) is 5.02 Å². The zero-order chi connectivity index (χ0) is 26.9. The first kappa shape index (κ1) is 25.4. The number of benzene rings is 2. The van der Waals surface area contributed by atoms with Gasteiger partial charge < -0.3 is 15.2 Å². The van der Waals surface area contributed by atoms with Crippen molar-refractivity contribution in [2.75, 3.05) is 31.6 Å². The van der Waals surface area contributed by atoms with Crippen LogP contribution in [0.15, 0.2) is 30.3 Å². The van der Waals surface area contributed by atoms with Crippen molar-refractivity contribution in [3.63, 3.8) is 0 Å². The Labute approximate surface area is 221 Å². The lowest BCUT2D eigenvalue weighted by Crippen LogP contribution is -2.47. The normalized spacial score (nSPS) is 24.9. The number of likely N-dealkylation sites (tertiary alicyclic amines) is 1. The summed E-state index contributed by atoms with van der Waals surface area (Å²) in [5, 5.41) is 21.5. The minimum atomic E-state index is -4.62. The zero-order valence-electron chi connectivity index (χ0n) is 20.7. The number of rotatable bonds is 5. The molecule has 3 aliphatic rings. The lowest BCUT2D eigenvalue weighted by Gasteiger charge is -2.40. The molecular formula is C26H27ClF3N5O3. The van der Waals surface area contributed by atoms with Crippen LogP contribution in [0.5, 0.6) is 5.75 Å². The number of ether oxygens (including phenoxy) is 1. The average Bonchev–Trinajstić information content (AvgIpc) is 3.37. The topological polar surface area (TPSA) is 92.5 Å². The van der Waals surface area contributed by atoms with Crippen LogP contribution in [0, 0.1) is 0 Å². The highest BCUT2D eigenvalue weighted by Crippen LogP contribution is 2.46. The summed E-state index contributed by atoms with van der Waals surface area (Å²) in [5.74, 6) is 0.0573. The Balaban J connectivity index is 1.12. The van der Waals surface area contributed by atoms with E-state index >= 15 is 0 Å². The van der Waals surface area contributed by atoms with Crippen molar-refractivity contribution in [3.05, 3.63) is 46.5 Å². The molecule has 202 valence electrons. The Bertz CT molecular complexity index is 1410. The van der Waals surface area contributed by atoms with Gasteiger partial charge in [0.1, 0.15) is 23.4 Å². The van der Waals surface area contributed by atoms with E-state index in [2.05, 4.69) is 20.5 Å². The Morgan fingerprint density at radius 2 is 1.95 bits per heavy atom. The third-order valence-corrected chi connectivity index (χ3v) is 8.34. The molecule has 38 heavy (non-hydrogen) atoms. The third-order valence-electron chi connectivity index (χ3n) is 8.11. The first-order valence-electron chi connectivity index (χ1n) is 12.6. The molecule has 2 N–H and O–H groups in total. The molecule has 3 heterocycles. The van der Waals surface area contributed by atoms with Crippen molar-refractivity contribution in [2.45, 2.75) is 55.8 Å². The molecule has 1 amide bonds. The number of carbonyl (C=O) groups excluding carboxylic acids is 1. The van der Waals surface area contributed by atoms with Crippen molar-refractivity contribution in [3.8, 4) is 5.75 Å². The third kappa shape index (κ3) is 4.30. The number of nitrogens with one attached hydrogen (secondary N) is 1. The van der Waals surface area contributed by atoms with Crippen molar-refractivity contribution in [2.24, 2.45) is 0 Å². The number of alkyl halides is 3. The summed E-state index contributed by atoms with van der Waals surface area (Å²) < 4.78 is 49.0. The highest BCUT2D eigenvalue weighted by molar-refractivity contribution is 6.31. The van der Waals surface area contributed by atoms with Crippen LogP contribution in [0.25, 0.3) is 11.0 Å². The molecule has 1 spiro atoms. The predicted molar refractivity (Wildman–Crippen MR) is 134 cm³/mol. The summed E-state index contributed by atoms with van der Waals surface area (Å²) in [6.45, 7) is 3.63. The Morgan fingerprint density at radius 3 is 2.63 bits per heavy atom. The Morgan fingerprint density at radius 1 is 1.21 bits per heavy atom. The molecular weight excluding hydrogens is 523 g/mol. The van der Waals surface area contributed by atoms with Crippen LogP contribution in [-0.4, -0.2) is 62.7 Å². The molecule has 1 saturated heterocycles. The van der Waals surface area contributed by atoms with Crippen LogP contribution in [0.4, 0.5) is 18.9 Å². The number of halogens is 4. The maximum atomic E-state index is 14.0. The molecule has 0 bridgehead atoms. The molecule has 1 aliphatic carbocycles. The van der Waals surface area contributed by atoms with E-state index in [0.29, 0.717) is 50.3 Å². The molecule has 6 rings (SSSR count). The van der Waals surface area contributed by atoms with Gasteiger partial charge in [-0.2, -0.15) is 13.2 Å². The smallest absolute Gasteiger partial charge is 0.418 e. The number of fused-ring (bicyclic) bond motifs is 3. The average molecular weight is 550 g/mol. The quantitative estimate of drug-likeness (QED) is 0.485. The zero-order valence-corrected chi connectivity index (χ0v) is 21.4.